The van der Waals surface area contributed by atoms with Gasteiger partial charge >= 0.3 is 0 Å². The van der Waals surface area contributed by atoms with Gasteiger partial charge in [-0.05, 0) is 25.1 Å². The number of carbonyl (C=O) groups excluding carboxylic acids is 2. The largest absolute Gasteiger partial charge is 0.351 e. The van der Waals surface area contributed by atoms with Crippen LogP contribution in [-0.4, -0.2) is 23.3 Å². The zero-order valence-electron chi connectivity index (χ0n) is 13.3. The molecule has 0 aliphatic heterocycles. The van der Waals surface area contributed by atoms with Crippen LogP contribution in [0.4, 0.5) is 10.1 Å². The highest BCUT2D eigenvalue weighted by Gasteiger charge is 2.07. The molecule has 0 saturated heterocycles. The van der Waals surface area contributed by atoms with Gasteiger partial charge in [-0.3, -0.25) is 9.59 Å². The van der Waals surface area contributed by atoms with Gasteiger partial charge in [-0.1, -0.05) is 35.9 Å². The van der Waals surface area contributed by atoms with E-state index in [0.29, 0.717) is 5.56 Å². The van der Waals surface area contributed by atoms with Gasteiger partial charge in [-0.15, -0.1) is 11.8 Å². The summed E-state index contributed by atoms with van der Waals surface area (Å²) in [7, 11) is 0. The van der Waals surface area contributed by atoms with Crippen molar-refractivity contribution in [2.75, 3.05) is 16.8 Å². The van der Waals surface area contributed by atoms with E-state index in [4.69, 9.17) is 0 Å². The fourth-order valence-electron chi connectivity index (χ4n) is 1.96. The summed E-state index contributed by atoms with van der Waals surface area (Å²) in [4.78, 5) is 23.5. The topological polar surface area (TPSA) is 58.2 Å². The van der Waals surface area contributed by atoms with Crippen LogP contribution < -0.4 is 10.6 Å². The van der Waals surface area contributed by atoms with Crippen molar-refractivity contribution in [2.24, 2.45) is 0 Å². The van der Waals surface area contributed by atoms with E-state index < -0.39 is 0 Å². The lowest BCUT2D eigenvalue weighted by Crippen LogP contribution is -2.26. The van der Waals surface area contributed by atoms with E-state index in [1.54, 1.807) is 18.2 Å². The van der Waals surface area contributed by atoms with Crippen molar-refractivity contribution in [2.45, 2.75) is 13.5 Å². The number of halogens is 1. The predicted molar refractivity (Wildman–Crippen MR) is 95.4 cm³/mol. The maximum atomic E-state index is 13.4. The Hall–Kier alpha value is -2.34. The van der Waals surface area contributed by atoms with Gasteiger partial charge in [0.05, 0.1) is 11.5 Å². The molecule has 0 radical (unpaired) electrons. The number of hydrogen-bond acceptors (Lipinski definition) is 3. The minimum atomic E-state index is -0.345. The summed E-state index contributed by atoms with van der Waals surface area (Å²) < 4.78 is 13.4. The van der Waals surface area contributed by atoms with Crippen LogP contribution >= 0.6 is 11.8 Å². The molecule has 0 aromatic heterocycles. The van der Waals surface area contributed by atoms with Crippen molar-refractivity contribution in [3.05, 3.63) is 65.5 Å². The van der Waals surface area contributed by atoms with Crippen LogP contribution in [0.2, 0.25) is 0 Å². The van der Waals surface area contributed by atoms with Gasteiger partial charge in [-0.2, -0.15) is 0 Å². The summed E-state index contributed by atoms with van der Waals surface area (Å²) in [5, 5.41) is 5.41. The lowest BCUT2D eigenvalue weighted by Gasteiger charge is -2.07. The monoisotopic (exact) mass is 346 g/mol. The van der Waals surface area contributed by atoms with Gasteiger partial charge in [0, 0.05) is 17.8 Å². The molecule has 0 unspecified atom stereocenters. The molecule has 2 rings (SSSR count). The van der Waals surface area contributed by atoms with Gasteiger partial charge in [0.1, 0.15) is 5.82 Å². The molecule has 2 aromatic carbocycles. The second kappa shape index (κ2) is 9.08. The molecule has 0 atom stereocenters. The molecule has 126 valence electrons. The molecule has 2 N–H and O–H groups in total. The van der Waals surface area contributed by atoms with Crippen LogP contribution in [0.25, 0.3) is 0 Å². The Morgan fingerprint density at radius 3 is 2.38 bits per heavy atom. The number of carbonyl (C=O) groups is 2. The summed E-state index contributed by atoms with van der Waals surface area (Å²) in [5.74, 6) is -0.406. The molecular formula is C18H19FN2O2S. The first-order valence-corrected chi connectivity index (χ1v) is 8.64. The van der Waals surface area contributed by atoms with Crippen LogP contribution in [0, 0.1) is 12.7 Å². The van der Waals surface area contributed by atoms with Crippen molar-refractivity contribution in [1.82, 2.24) is 5.32 Å². The first-order valence-electron chi connectivity index (χ1n) is 7.49. The Morgan fingerprint density at radius 2 is 1.67 bits per heavy atom. The van der Waals surface area contributed by atoms with E-state index >= 15 is 0 Å². The number of nitrogens with one attached hydrogen (secondary N) is 2. The zero-order valence-corrected chi connectivity index (χ0v) is 14.2. The summed E-state index contributed by atoms with van der Waals surface area (Å²) in [5.41, 5.74) is 2.29. The van der Waals surface area contributed by atoms with Gasteiger partial charge in [-0.25, -0.2) is 4.39 Å². The molecule has 24 heavy (non-hydrogen) atoms. The molecule has 0 aliphatic rings. The number of benzene rings is 2. The number of aryl methyl sites for hydroxylation is 1. The van der Waals surface area contributed by atoms with Gasteiger partial charge in [0.25, 0.3) is 0 Å². The highest BCUT2D eigenvalue weighted by atomic mass is 32.2. The van der Waals surface area contributed by atoms with E-state index in [1.807, 2.05) is 31.2 Å². The third-order valence-corrected chi connectivity index (χ3v) is 4.17. The van der Waals surface area contributed by atoms with Gasteiger partial charge in [0.15, 0.2) is 0 Å². The zero-order chi connectivity index (χ0) is 17.4. The molecule has 0 spiro atoms. The first kappa shape index (κ1) is 18.0. The van der Waals surface area contributed by atoms with E-state index in [1.165, 1.54) is 17.8 Å². The average molecular weight is 346 g/mol. The first-order chi connectivity index (χ1) is 11.5. The second-order valence-corrected chi connectivity index (χ2v) is 6.26. The lowest BCUT2D eigenvalue weighted by molar-refractivity contribution is -0.118. The van der Waals surface area contributed by atoms with Crippen LogP contribution in [0.3, 0.4) is 0 Å². The van der Waals surface area contributed by atoms with Crippen LogP contribution in [0.15, 0.2) is 48.5 Å². The number of amides is 2. The quantitative estimate of drug-likeness (QED) is 0.810. The number of anilines is 1. The fourth-order valence-corrected chi connectivity index (χ4v) is 2.60. The fraction of sp³-hybridized carbons (Fsp3) is 0.222. The molecule has 4 nitrogen and oxygen atoms in total. The van der Waals surface area contributed by atoms with Crippen molar-refractivity contribution in [3.63, 3.8) is 0 Å². The molecule has 0 aliphatic carbocycles. The minimum absolute atomic E-state index is 0.141. The summed E-state index contributed by atoms with van der Waals surface area (Å²) in [6, 6.07) is 13.8. The molecule has 2 amide bonds. The number of rotatable bonds is 7. The molecule has 0 saturated carbocycles. The van der Waals surface area contributed by atoms with Crippen LogP contribution in [0.5, 0.6) is 0 Å². The second-order valence-electron chi connectivity index (χ2n) is 5.28. The van der Waals surface area contributed by atoms with E-state index in [2.05, 4.69) is 10.6 Å². The van der Waals surface area contributed by atoms with Crippen molar-refractivity contribution in [1.29, 1.82) is 0 Å². The number of hydrogen-bond donors (Lipinski definition) is 2. The van der Waals surface area contributed by atoms with Gasteiger partial charge < -0.3 is 10.6 Å². The Kier molecular flexibility index (Phi) is 6.81. The highest BCUT2D eigenvalue weighted by Crippen LogP contribution is 2.10. The molecule has 6 heteroatoms. The van der Waals surface area contributed by atoms with Crippen molar-refractivity contribution < 1.29 is 14.0 Å². The molecule has 2 aromatic rings. The van der Waals surface area contributed by atoms with Crippen LogP contribution in [0.1, 0.15) is 11.1 Å². The van der Waals surface area contributed by atoms with Crippen molar-refractivity contribution >= 4 is 29.3 Å². The van der Waals surface area contributed by atoms with E-state index in [9.17, 15) is 14.0 Å². The normalized spacial score (nSPS) is 10.2. The predicted octanol–water partition coefficient (Wildman–Crippen LogP) is 3.12. The van der Waals surface area contributed by atoms with Crippen molar-refractivity contribution in [3.8, 4) is 0 Å². The SMILES string of the molecule is Cc1ccc(NC(=O)CSCC(=O)NCc2ccccc2F)cc1. The maximum Gasteiger partial charge on any atom is 0.234 e. The number of thioether (sulfide) groups is 1. The molecular weight excluding hydrogens is 327 g/mol. The third-order valence-electron chi connectivity index (χ3n) is 3.24. The Labute approximate surface area is 144 Å². The van der Waals surface area contributed by atoms with E-state index in [0.717, 1.165) is 11.3 Å². The Morgan fingerprint density at radius 1 is 1.00 bits per heavy atom. The van der Waals surface area contributed by atoms with E-state index in [-0.39, 0.29) is 35.7 Å². The summed E-state index contributed by atoms with van der Waals surface area (Å²) in [6.07, 6.45) is 0. The molecule has 0 bridgehead atoms. The smallest absolute Gasteiger partial charge is 0.234 e. The Bertz CT molecular complexity index is 704. The average Bonchev–Trinajstić information content (AvgIpc) is 2.56. The highest BCUT2D eigenvalue weighted by molar-refractivity contribution is 8.00. The summed E-state index contributed by atoms with van der Waals surface area (Å²) in [6.45, 7) is 2.11. The standard InChI is InChI=1S/C18H19FN2O2S/c1-13-6-8-15(9-7-13)21-18(23)12-24-11-17(22)20-10-14-4-2-3-5-16(14)19/h2-9H,10-12H2,1H3,(H,20,22)(H,21,23). The third kappa shape index (κ3) is 6.04. The Balaban J connectivity index is 1.66. The maximum absolute atomic E-state index is 13.4. The minimum Gasteiger partial charge on any atom is -0.351 e. The summed E-state index contributed by atoms with van der Waals surface area (Å²) >= 11 is 1.21. The molecule has 0 fully saturated rings. The molecule has 0 heterocycles. The van der Waals surface area contributed by atoms with Gasteiger partial charge in [0.2, 0.25) is 11.8 Å². The van der Waals surface area contributed by atoms with Crippen LogP contribution in [-0.2, 0) is 16.1 Å². The lowest BCUT2D eigenvalue weighted by atomic mass is 10.2.